The Balaban J connectivity index is 1.03. The quantitative estimate of drug-likeness (QED) is 0.0382. The third kappa shape index (κ3) is 14.0. The van der Waals surface area contributed by atoms with E-state index < -0.39 is 140 Å². The Morgan fingerprint density at radius 1 is 0.426 bits per heavy atom. The molecule has 4 saturated heterocycles. The number of amides is 2. The lowest BCUT2D eigenvalue weighted by atomic mass is 9.92. The molecule has 5 aliphatic heterocycles. The summed E-state index contributed by atoms with van der Waals surface area (Å²) in [6.45, 7) is -0.448. The molecule has 0 N–H and O–H groups in total. The molecule has 16 atom stereocenters. The highest BCUT2D eigenvalue weighted by Crippen LogP contribution is 2.44. The van der Waals surface area contributed by atoms with Crippen molar-refractivity contribution in [2.75, 3.05) is 27.9 Å². The van der Waals surface area contributed by atoms with Crippen molar-refractivity contribution in [2.45, 2.75) is 112 Å². The molecule has 12 rings (SSSR count). The third-order valence-corrected chi connectivity index (χ3v) is 16.5. The van der Waals surface area contributed by atoms with E-state index in [4.69, 9.17) is 71.1 Å². The Kier molecular flexibility index (Phi) is 20.5. The second kappa shape index (κ2) is 29.7. The van der Waals surface area contributed by atoms with Gasteiger partial charge in [-0.05, 0) is 59.7 Å². The van der Waals surface area contributed by atoms with E-state index in [0.717, 1.165) is 24.7 Å². The van der Waals surface area contributed by atoms with Crippen LogP contribution in [0.1, 0.15) is 74.8 Å². The van der Waals surface area contributed by atoms with Crippen LogP contribution >= 0.6 is 0 Å². The second-order valence-corrected chi connectivity index (χ2v) is 22.3. The van der Waals surface area contributed by atoms with Gasteiger partial charge in [0.05, 0.1) is 61.9 Å². The third-order valence-electron chi connectivity index (χ3n) is 16.5. The van der Waals surface area contributed by atoms with Crippen LogP contribution in [-0.2, 0) is 93.9 Å². The molecule has 94 heavy (non-hydrogen) atoms. The second-order valence-electron chi connectivity index (χ2n) is 22.3. The van der Waals surface area contributed by atoms with E-state index in [-0.39, 0.29) is 47.6 Å². The van der Waals surface area contributed by atoms with Gasteiger partial charge < -0.3 is 71.1 Å². The Morgan fingerprint density at radius 3 is 1.35 bits per heavy atom. The maximum atomic E-state index is 15.5. The van der Waals surface area contributed by atoms with Crippen molar-refractivity contribution < 1.29 is 105 Å². The number of esters is 5. The van der Waals surface area contributed by atoms with Crippen LogP contribution in [0.15, 0.2) is 206 Å². The number of ether oxygens (including phenoxy) is 15. The number of methoxy groups -OCH3 is 3. The molecule has 7 aromatic rings. The first-order valence-corrected chi connectivity index (χ1v) is 30.2. The van der Waals surface area contributed by atoms with Crippen molar-refractivity contribution in [1.82, 2.24) is 4.90 Å². The minimum absolute atomic E-state index is 0.000458. The molecule has 23 nitrogen and oxygen atoms in total. The summed E-state index contributed by atoms with van der Waals surface area (Å²) >= 11 is 0. The van der Waals surface area contributed by atoms with Gasteiger partial charge in [0.1, 0.15) is 42.7 Å². The van der Waals surface area contributed by atoms with E-state index in [0.29, 0.717) is 11.1 Å². The summed E-state index contributed by atoms with van der Waals surface area (Å²) in [5.41, 5.74) is 1.83. The number of hydrogen-bond donors (Lipinski definition) is 0. The molecule has 1 unspecified atom stereocenters. The number of carbonyl (C=O) groups excluding carboxylic acids is 7. The van der Waals surface area contributed by atoms with Gasteiger partial charge in [0, 0.05) is 12.7 Å². The van der Waals surface area contributed by atoms with Crippen LogP contribution in [0.3, 0.4) is 0 Å². The van der Waals surface area contributed by atoms with Crippen molar-refractivity contribution >= 4 is 41.7 Å². The summed E-state index contributed by atoms with van der Waals surface area (Å²) in [5, 5.41) is 0. The average molecular weight is 1280 g/mol. The van der Waals surface area contributed by atoms with Gasteiger partial charge in [-0.2, -0.15) is 0 Å². The highest BCUT2D eigenvalue weighted by molar-refractivity contribution is 6.21. The first-order chi connectivity index (χ1) is 45.9. The molecule has 23 heteroatoms. The number of rotatable bonds is 21. The van der Waals surface area contributed by atoms with Crippen LogP contribution < -0.4 is 0 Å². The lowest BCUT2D eigenvalue weighted by molar-refractivity contribution is -0.394. The molecule has 5 aliphatic rings. The fraction of sp³-hybridized carbons (Fsp3) is 0.310. The molecule has 5 heterocycles. The van der Waals surface area contributed by atoms with E-state index in [1.165, 1.54) is 55.6 Å². The maximum Gasteiger partial charge on any atom is 0.339 e. The zero-order valence-electron chi connectivity index (χ0n) is 50.9. The number of hydrogen-bond acceptors (Lipinski definition) is 22. The van der Waals surface area contributed by atoms with E-state index in [9.17, 15) is 24.0 Å². The van der Waals surface area contributed by atoms with Gasteiger partial charge in [-0.15, -0.1) is 0 Å². The highest BCUT2D eigenvalue weighted by atomic mass is 16.8. The maximum absolute atomic E-state index is 15.5. The van der Waals surface area contributed by atoms with Gasteiger partial charge in [-0.3, -0.25) is 14.5 Å². The largest absolute Gasteiger partial charge is 0.467 e. The molecule has 486 valence electrons. The van der Waals surface area contributed by atoms with Gasteiger partial charge >= 0.3 is 29.8 Å². The molecular weight excluding hydrogens is 1220 g/mol. The van der Waals surface area contributed by atoms with Crippen molar-refractivity contribution in [3.05, 3.63) is 251 Å². The normalized spacial score (nSPS) is 28.0. The minimum atomic E-state index is -2.18. The number of carbonyl (C=O) groups is 7. The van der Waals surface area contributed by atoms with Crippen LogP contribution in [-0.4, -0.2) is 167 Å². The fourth-order valence-electron chi connectivity index (χ4n) is 11.9. The zero-order chi connectivity index (χ0) is 65.2. The molecule has 0 aromatic heterocycles. The molecule has 2 amide bonds. The molecule has 0 bridgehead atoms. The van der Waals surface area contributed by atoms with E-state index in [1.807, 2.05) is 60.7 Å². The zero-order valence-corrected chi connectivity index (χ0v) is 50.9. The summed E-state index contributed by atoms with van der Waals surface area (Å²) in [5.74, 6) is -7.02. The fourth-order valence-corrected chi connectivity index (χ4v) is 11.9. The predicted octanol–water partition coefficient (Wildman–Crippen LogP) is 7.55. The van der Waals surface area contributed by atoms with E-state index >= 15 is 9.59 Å². The van der Waals surface area contributed by atoms with Gasteiger partial charge in [-0.1, -0.05) is 158 Å². The van der Waals surface area contributed by atoms with Crippen molar-refractivity contribution in [3.8, 4) is 0 Å². The smallest absolute Gasteiger partial charge is 0.339 e. The van der Waals surface area contributed by atoms with Crippen molar-refractivity contribution in [3.63, 3.8) is 0 Å². The summed E-state index contributed by atoms with van der Waals surface area (Å²) in [6, 6.07) is 54.2. The number of benzene rings is 7. The van der Waals surface area contributed by atoms with Crippen molar-refractivity contribution in [2.24, 2.45) is 0 Å². The first-order valence-electron chi connectivity index (χ1n) is 30.2. The molecule has 7 aromatic carbocycles. The monoisotopic (exact) mass is 1280 g/mol. The lowest BCUT2D eigenvalue weighted by Crippen LogP contribution is -2.72. The van der Waals surface area contributed by atoms with Gasteiger partial charge in [0.2, 0.25) is 0 Å². The standard InChI is InChI=1S/C71H65NO22/c1-80-66(78)57-54(53(83-38-41-24-10-4-11-25-41)59(70(82-3)93-57)84-39-42-26-12-5-13-27-42)92-69-50(72-61(73)47-36-22-23-37-48(47)62(72)74)52(51-49(86-69)40-85-68(90-51)46-34-20-9-21-35-46)91-71-60(89-65(77)45-32-18-8-19-33-45)56(88-64(76)44-30-16-7-17-31-44)55(58(94-71)67(79)81-2)87-63(75)43-28-14-6-15-29-43/h4-37,49-60,68-71H,38-40H2,1-3H3/t49-,50-,51-,52-,53+,54+,55+,56+,57+,58+,59-,60-,68?,69+,70+,71-/m1/s1. The molecule has 0 saturated carbocycles. The topological polar surface area (TPSA) is 261 Å². The van der Waals surface area contributed by atoms with Gasteiger partial charge in [0.25, 0.3) is 11.8 Å². The Bertz CT molecular complexity index is 3720. The summed E-state index contributed by atoms with van der Waals surface area (Å²) in [4.78, 5) is 105. The molecule has 4 fully saturated rings. The number of nitrogens with zero attached hydrogens (tertiary/aromatic N) is 1. The van der Waals surface area contributed by atoms with E-state index in [2.05, 4.69) is 0 Å². The number of imide groups is 1. The van der Waals surface area contributed by atoms with Crippen LogP contribution in [0.25, 0.3) is 0 Å². The molecular formula is C71H65NO22. The summed E-state index contributed by atoms with van der Waals surface area (Å²) in [6.07, 6.45) is -25.5. The SMILES string of the molecule is COC(=O)[C@H]1O[C@@H](O[C@H]2[C@@H]3OC(c4ccccc4)OC[C@H]3O[C@@H](O[C@H]3[C@H](OCc4ccccc4)[C@@H](OCc4ccccc4)[C@@H](OC)O[C@@H]3C(=O)OC)[C@@H]2N2C(=O)c3ccccc3C2=O)[C@H](OC(=O)c2ccccc2)[C@@H](OC(=O)c2ccccc2)[C@@H]1OC(=O)c1ccccc1. The molecule has 0 spiro atoms. The Morgan fingerprint density at radius 2 is 0.851 bits per heavy atom. The van der Waals surface area contributed by atoms with Crippen LogP contribution in [0.4, 0.5) is 0 Å². The molecule has 0 radical (unpaired) electrons. The van der Waals surface area contributed by atoms with Crippen molar-refractivity contribution in [1.29, 1.82) is 0 Å². The Labute approximate surface area is 539 Å². The van der Waals surface area contributed by atoms with Crippen LogP contribution in [0, 0.1) is 0 Å². The average Bonchev–Trinajstić information content (AvgIpc) is 1.43. The van der Waals surface area contributed by atoms with Gasteiger partial charge in [-0.25, -0.2) is 24.0 Å². The highest BCUT2D eigenvalue weighted by Gasteiger charge is 2.63. The predicted molar refractivity (Wildman–Crippen MR) is 324 cm³/mol. The minimum Gasteiger partial charge on any atom is -0.467 e. The lowest BCUT2D eigenvalue weighted by Gasteiger charge is -2.54. The number of fused-ring (bicyclic) bond motifs is 2. The van der Waals surface area contributed by atoms with Gasteiger partial charge in [0.15, 0.2) is 55.7 Å². The van der Waals surface area contributed by atoms with Crippen LogP contribution in [0.5, 0.6) is 0 Å². The van der Waals surface area contributed by atoms with Crippen LogP contribution in [0.2, 0.25) is 0 Å². The first kappa shape index (κ1) is 64.7. The van der Waals surface area contributed by atoms with E-state index in [1.54, 1.807) is 97.1 Å². The summed E-state index contributed by atoms with van der Waals surface area (Å²) < 4.78 is 97.1. The molecule has 0 aliphatic carbocycles. The summed E-state index contributed by atoms with van der Waals surface area (Å²) in [7, 11) is 3.53. The Hall–Kier alpha value is -9.37.